The van der Waals surface area contributed by atoms with Crippen molar-refractivity contribution in [2.75, 3.05) is 13.1 Å². The van der Waals surface area contributed by atoms with Crippen molar-refractivity contribution in [2.45, 2.75) is 19.4 Å². The third-order valence-electron chi connectivity index (χ3n) is 2.13. The summed E-state index contributed by atoms with van der Waals surface area (Å²) in [5.74, 6) is -0.681. The van der Waals surface area contributed by atoms with Crippen LogP contribution in [-0.4, -0.2) is 41.0 Å². The van der Waals surface area contributed by atoms with E-state index in [-0.39, 0.29) is 37.2 Å². The van der Waals surface area contributed by atoms with Crippen molar-refractivity contribution in [1.29, 1.82) is 0 Å². The van der Waals surface area contributed by atoms with Crippen molar-refractivity contribution in [3.63, 3.8) is 0 Å². The summed E-state index contributed by atoms with van der Waals surface area (Å²) in [5.41, 5.74) is 5.18. The molecule has 1 heterocycles. The second-order valence-electron chi connectivity index (χ2n) is 3.34. The van der Waals surface area contributed by atoms with Gasteiger partial charge in [0.15, 0.2) is 0 Å². The van der Waals surface area contributed by atoms with E-state index in [4.69, 9.17) is 10.8 Å². The monoisotopic (exact) mass is 186 g/mol. The van der Waals surface area contributed by atoms with Crippen LogP contribution in [0.2, 0.25) is 0 Å². The molecule has 0 spiro atoms. The van der Waals surface area contributed by atoms with Crippen LogP contribution >= 0.6 is 0 Å². The normalized spacial score (nSPS) is 25.5. The molecule has 2 amide bonds. The van der Waals surface area contributed by atoms with Gasteiger partial charge in [-0.25, -0.2) is 0 Å². The van der Waals surface area contributed by atoms with Crippen molar-refractivity contribution < 1.29 is 14.7 Å². The van der Waals surface area contributed by atoms with E-state index in [1.807, 2.05) is 0 Å². The van der Waals surface area contributed by atoms with E-state index >= 15 is 0 Å². The number of β-amino-alcohol motifs (C(OH)–C–C–N with tert-alkyl or cyclic N) is 1. The molecule has 13 heavy (non-hydrogen) atoms. The highest BCUT2D eigenvalue weighted by Gasteiger charge is 2.36. The zero-order chi connectivity index (χ0) is 10.0. The number of hydrogen-bond donors (Lipinski definition) is 2. The van der Waals surface area contributed by atoms with Gasteiger partial charge in [0.2, 0.25) is 11.8 Å². The van der Waals surface area contributed by atoms with E-state index in [2.05, 4.69) is 0 Å². The molecule has 1 saturated heterocycles. The average Bonchev–Trinajstić information content (AvgIpc) is 2.32. The maximum Gasteiger partial charge on any atom is 0.232 e. The van der Waals surface area contributed by atoms with Crippen LogP contribution in [0.15, 0.2) is 0 Å². The van der Waals surface area contributed by atoms with Crippen LogP contribution in [0.1, 0.15) is 13.3 Å². The fourth-order valence-electron chi connectivity index (χ4n) is 1.33. The molecule has 2 atom stereocenters. The summed E-state index contributed by atoms with van der Waals surface area (Å²) in [6.07, 6.45) is -0.561. The Bertz CT molecular complexity index is 229. The molecule has 1 aliphatic heterocycles. The lowest BCUT2D eigenvalue weighted by Gasteiger charge is -2.17. The van der Waals surface area contributed by atoms with E-state index in [0.717, 1.165) is 4.90 Å². The van der Waals surface area contributed by atoms with Crippen LogP contribution in [0.4, 0.5) is 0 Å². The van der Waals surface area contributed by atoms with E-state index in [1.165, 1.54) is 0 Å². The number of nitrogens with two attached hydrogens (primary N) is 1. The summed E-state index contributed by atoms with van der Waals surface area (Å²) in [6.45, 7) is 1.79. The third-order valence-corrected chi connectivity index (χ3v) is 2.13. The molecule has 1 aliphatic rings. The first-order chi connectivity index (χ1) is 6.06. The summed E-state index contributed by atoms with van der Waals surface area (Å²) in [4.78, 5) is 23.6. The SMILES string of the molecule is CC1CC(=O)N(CC(O)CN)C1=O. The molecule has 1 rings (SSSR count). The lowest BCUT2D eigenvalue weighted by Crippen LogP contribution is -2.40. The summed E-state index contributed by atoms with van der Waals surface area (Å²) < 4.78 is 0. The Morgan fingerprint density at radius 2 is 2.31 bits per heavy atom. The molecule has 0 aromatic rings. The van der Waals surface area contributed by atoms with Gasteiger partial charge in [-0.2, -0.15) is 0 Å². The van der Waals surface area contributed by atoms with Crippen molar-refractivity contribution in [3.8, 4) is 0 Å². The highest BCUT2D eigenvalue weighted by Crippen LogP contribution is 2.18. The standard InChI is InChI=1S/C8H14N2O3/c1-5-2-7(12)10(8(5)13)4-6(11)3-9/h5-6,11H,2-4,9H2,1H3. The highest BCUT2D eigenvalue weighted by molar-refractivity contribution is 6.03. The molecule has 0 bridgehead atoms. The number of aliphatic hydroxyl groups is 1. The number of nitrogens with zero attached hydrogens (tertiary/aromatic N) is 1. The Balaban J connectivity index is 2.59. The third kappa shape index (κ3) is 2.05. The second kappa shape index (κ2) is 3.85. The molecule has 74 valence electrons. The van der Waals surface area contributed by atoms with Gasteiger partial charge in [-0.15, -0.1) is 0 Å². The van der Waals surface area contributed by atoms with Crippen molar-refractivity contribution in [2.24, 2.45) is 11.7 Å². The molecule has 3 N–H and O–H groups in total. The predicted molar refractivity (Wildman–Crippen MR) is 45.6 cm³/mol. The lowest BCUT2D eigenvalue weighted by molar-refractivity contribution is -0.140. The van der Waals surface area contributed by atoms with E-state index in [0.29, 0.717) is 0 Å². The molecule has 0 aliphatic carbocycles. The van der Waals surface area contributed by atoms with E-state index in [9.17, 15) is 9.59 Å². The summed E-state index contributed by atoms with van der Waals surface area (Å²) in [5, 5.41) is 9.17. The molecule has 0 saturated carbocycles. The van der Waals surface area contributed by atoms with Gasteiger partial charge in [-0.05, 0) is 0 Å². The average molecular weight is 186 g/mol. The van der Waals surface area contributed by atoms with E-state index in [1.54, 1.807) is 6.92 Å². The van der Waals surface area contributed by atoms with Gasteiger partial charge in [-0.3, -0.25) is 14.5 Å². The first-order valence-corrected chi connectivity index (χ1v) is 4.28. The Labute approximate surface area is 76.5 Å². The van der Waals surface area contributed by atoms with Crippen molar-refractivity contribution >= 4 is 11.8 Å². The number of imide groups is 1. The summed E-state index contributed by atoms with van der Waals surface area (Å²) in [7, 11) is 0. The zero-order valence-electron chi connectivity index (χ0n) is 7.56. The quantitative estimate of drug-likeness (QED) is 0.537. The maximum atomic E-state index is 11.3. The zero-order valence-corrected chi connectivity index (χ0v) is 7.56. The number of amides is 2. The molecule has 0 aromatic carbocycles. The highest BCUT2D eigenvalue weighted by atomic mass is 16.3. The molecule has 5 heteroatoms. The second-order valence-corrected chi connectivity index (χ2v) is 3.34. The van der Waals surface area contributed by atoms with Crippen molar-refractivity contribution in [3.05, 3.63) is 0 Å². The fraction of sp³-hybridized carbons (Fsp3) is 0.750. The van der Waals surface area contributed by atoms with Gasteiger partial charge in [0.1, 0.15) is 0 Å². The number of aliphatic hydroxyl groups excluding tert-OH is 1. The fourth-order valence-corrected chi connectivity index (χ4v) is 1.33. The first kappa shape index (κ1) is 10.1. The summed E-state index contributed by atoms with van der Waals surface area (Å²) in [6, 6.07) is 0. The van der Waals surface area contributed by atoms with Crippen LogP contribution in [0.3, 0.4) is 0 Å². The van der Waals surface area contributed by atoms with Crippen LogP contribution in [0, 0.1) is 5.92 Å². The van der Waals surface area contributed by atoms with Gasteiger partial charge in [0.25, 0.3) is 0 Å². The Hall–Kier alpha value is -0.940. The minimum absolute atomic E-state index is 0.0263. The molecule has 1 fully saturated rings. The molecule has 0 radical (unpaired) electrons. The largest absolute Gasteiger partial charge is 0.390 e. The Kier molecular flexibility index (Phi) is 3.00. The van der Waals surface area contributed by atoms with E-state index < -0.39 is 6.10 Å². The number of carbonyl (C=O) groups is 2. The molecular formula is C8H14N2O3. The minimum atomic E-state index is -0.807. The number of likely N-dealkylation sites (tertiary alicyclic amines) is 1. The molecule has 0 aromatic heterocycles. The van der Waals surface area contributed by atoms with Gasteiger partial charge in [0.05, 0.1) is 12.6 Å². The van der Waals surface area contributed by atoms with Crippen LogP contribution in [0.25, 0.3) is 0 Å². The predicted octanol–water partition coefficient (Wildman–Crippen LogP) is -1.30. The molecular weight excluding hydrogens is 172 g/mol. The Morgan fingerprint density at radius 1 is 1.69 bits per heavy atom. The molecule has 2 unspecified atom stereocenters. The first-order valence-electron chi connectivity index (χ1n) is 4.28. The van der Waals surface area contributed by atoms with Crippen LogP contribution in [0.5, 0.6) is 0 Å². The number of hydrogen-bond acceptors (Lipinski definition) is 4. The summed E-state index contributed by atoms with van der Waals surface area (Å²) >= 11 is 0. The molecule has 5 nitrogen and oxygen atoms in total. The van der Waals surface area contributed by atoms with Crippen LogP contribution < -0.4 is 5.73 Å². The van der Waals surface area contributed by atoms with Gasteiger partial charge >= 0.3 is 0 Å². The number of carbonyl (C=O) groups excluding carboxylic acids is 2. The van der Waals surface area contributed by atoms with Crippen LogP contribution in [-0.2, 0) is 9.59 Å². The minimum Gasteiger partial charge on any atom is -0.390 e. The van der Waals surface area contributed by atoms with Gasteiger partial charge < -0.3 is 10.8 Å². The van der Waals surface area contributed by atoms with Gasteiger partial charge in [-0.1, -0.05) is 6.92 Å². The maximum absolute atomic E-state index is 11.3. The number of rotatable bonds is 3. The topological polar surface area (TPSA) is 83.6 Å². The smallest absolute Gasteiger partial charge is 0.232 e. The van der Waals surface area contributed by atoms with Gasteiger partial charge in [0, 0.05) is 18.9 Å². The van der Waals surface area contributed by atoms with Crippen molar-refractivity contribution in [1.82, 2.24) is 4.90 Å². The Morgan fingerprint density at radius 3 is 2.69 bits per heavy atom. The lowest BCUT2D eigenvalue weighted by atomic mass is 10.1.